The lowest BCUT2D eigenvalue weighted by molar-refractivity contribution is -0.143. The zero-order valence-corrected chi connectivity index (χ0v) is 17.3. The van der Waals surface area contributed by atoms with Crippen molar-refractivity contribution in [3.05, 3.63) is 24.3 Å². The lowest BCUT2D eigenvalue weighted by Crippen LogP contribution is -2.16. The Morgan fingerprint density at radius 2 is 1.77 bits per heavy atom. The summed E-state index contributed by atoms with van der Waals surface area (Å²) in [5.41, 5.74) is 0. The molecule has 150 valence electrons. The number of nitrogens with zero attached hydrogens (tertiary/aromatic N) is 1. The van der Waals surface area contributed by atoms with E-state index in [-0.39, 0.29) is 5.97 Å². The number of rotatable bonds is 16. The van der Waals surface area contributed by atoms with Gasteiger partial charge in [0.15, 0.2) is 0 Å². The first-order valence-corrected chi connectivity index (χ1v) is 10.8. The van der Waals surface area contributed by atoms with Crippen LogP contribution in [0, 0.1) is 5.92 Å². The van der Waals surface area contributed by atoms with Gasteiger partial charge in [-0.25, -0.2) is 0 Å². The highest BCUT2D eigenvalue weighted by Gasteiger charge is 2.07. The number of hydrogen-bond donors (Lipinski definition) is 0. The van der Waals surface area contributed by atoms with Gasteiger partial charge in [-0.3, -0.25) is 4.79 Å². The first-order valence-electron chi connectivity index (χ1n) is 10.8. The van der Waals surface area contributed by atoms with E-state index in [2.05, 4.69) is 29.2 Å². The van der Waals surface area contributed by atoms with E-state index in [0.717, 1.165) is 38.1 Å². The third-order valence-electron chi connectivity index (χ3n) is 4.99. The summed E-state index contributed by atoms with van der Waals surface area (Å²) < 4.78 is 5.23. The van der Waals surface area contributed by atoms with Gasteiger partial charge in [-0.2, -0.15) is 0 Å². The van der Waals surface area contributed by atoms with E-state index in [1.54, 1.807) is 0 Å². The molecule has 0 amide bonds. The molecular formula is C23H41NO2. The van der Waals surface area contributed by atoms with Crippen LogP contribution in [0.1, 0.15) is 83.5 Å². The molecule has 0 saturated carbocycles. The van der Waals surface area contributed by atoms with E-state index in [0.29, 0.717) is 13.0 Å². The molecule has 26 heavy (non-hydrogen) atoms. The fraction of sp³-hybridized carbons (Fsp3) is 0.783. The van der Waals surface area contributed by atoms with E-state index in [4.69, 9.17) is 4.74 Å². The second-order valence-corrected chi connectivity index (χ2v) is 7.85. The van der Waals surface area contributed by atoms with Crippen molar-refractivity contribution in [2.24, 2.45) is 5.92 Å². The number of unbranched alkanes of at least 4 members (excludes halogenated alkanes) is 6. The molecule has 0 N–H and O–H groups in total. The van der Waals surface area contributed by atoms with Crippen LogP contribution in [0.5, 0.6) is 0 Å². The molecule has 0 heterocycles. The van der Waals surface area contributed by atoms with Crippen molar-refractivity contribution in [3.63, 3.8) is 0 Å². The molecule has 0 unspecified atom stereocenters. The fourth-order valence-corrected chi connectivity index (χ4v) is 3.36. The third-order valence-corrected chi connectivity index (χ3v) is 4.99. The average molecular weight is 364 g/mol. The van der Waals surface area contributed by atoms with Crippen LogP contribution in [0.2, 0.25) is 0 Å². The summed E-state index contributed by atoms with van der Waals surface area (Å²) in [5, 5.41) is 0. The molecule has 3 nitrogen and oxygen atoms in total. The topological polar surface area (TPSA) is 29.5 Å². The van der Waals surface area contributed by atoms with Gasteiger partial charge in [-0.05, 0) is 77.8 Å². The van der Waals surface area contributed by atoms with Gasteiger partial charge in [0, 0.05) is 13.0 Å². The summed E-state index contributed by atoms with van der Waals surface area (Å²) in [6.45, 7) is 1.52. The first kappa shape index (κ1) is 23.0. The van der Waals surface area contributed by atoms with E-state index >= 15 is 0 Å². The minimum Gasteiger partial charge on any atom is -0.466 e. The van der Waals surface area contributed by atoms with Gasteiger partial charge in [0.05, 0.1) is 6.61 Å². The molecule has 0 radical (unpaired) electrons. The zero-order chi connectivity index (χ0) is 18.9. The standard InChI is InChI=1S/C23H41NO2/c1-24(2)20-15-21-26-23(25)19-12-10-8-6-4-3-5-7-9-11-16-22-17-13-14-18-22/h4,6,13,17,22H,3,5,7-12,14-16,18-21H2,1-2H3/t22-/m0/s1. The maximum Gasteiger partial charge on any atom is 0.305 e. The van der Waals surface area contributed by atoms with E-state index in [9.17, 15) is 4.79 Å². The Kier molecular flexibility index (Phi) is 14.2. The molecule has 1 atom stereocenters. The van der Waals surface area contributed by atoms with Crippen LogP contribution in [-0.4, -0.2) is 38.1 Å². The predicted octanol–water partition coefficient (Wildman–Crippen LogP) is 5.90. The highest BCUT2D eigenvalue weighted by molar-refractivity contribution is 5.69. The van der Waals surface area contributed by atoms with Crippen molar-refractivity contribution < 1.29 is 9.53 Å². The maximum atomic E-state index is 11.6. The smallest absolute Gasteiger partial charge is 0.305 e. The summed E-state index contributed by atoms with van der Waals surface area (Å²) in [5.74, 6) is 0.839. The largest absolute Gasteiger partial charge is 0.466 e. The number of allylic oxidation sites excluding steroid dienone is 4. The minimum absolute atomic E-state index is 0.0409. The van der Waals surface area contributed by atoms with Crippen LogP contribution in [-0.2, 0) is 9.53 Å². The highest BCUT2D eigenvalue weighted by atomic mass is 16.5. The Hall–Kier alpha value is -1.09. The molecule has 1 aliphatic rings. The highest BCUT2D eigenvalue weighted by Crippen LogP contribution is 2.23. The molecule has 0 saturated heterocycles. The Labute approximate surface area is 161 Å². The average Bonchev–Trinajstić information content (AvgIpc) is 3.13. The van der Waals surface area contributed by atoms with E-state index < -0.39 is 0 Å². The molecule has 1 rings (SSSR count). The molecule has 1 aliphatic carbocycles. The number of esters is 1. The van der Waals surface area contributed by atoms with Crippen LogP contribution in [0.3, 0.4) is 0 Å². The van der Waals surface area contributed by atoms with Crippen LogP contribution < -0.4 is 0 Å². The summed E-state index contributed by atoms with van der Waals surface area (Å²) >= 11 is 0. The Bertz CT molecular complexity index is 401. The molecule has 0 fully saturated rings. The monoisotopic (exact) mass is 363 g/mol. The SMILES string of the molecule is CN(C)CCCOC(=O)CCCCC=CCCCCCC[C@H]1C=CCC1. The predicted molar refractivity (Wildman–Crippen MR) is 111 cm³/mol. The van der Waals surface area contributed by atoms with Crippen LogP contribution in [0.15, 0.2) is 24.3 Å². The molecular weight excluding hydrogens is 322 g/mol. The molecule has 3 heteroatoms. The second kappa shape index (κ2) is 16.1. The maximum absolute atomic E-state index is 11.6. The van der Waals surface area contributed by atoms with Crippen molar-refractivity contribution in [1.82, 2.24) is 4.90 Å². The summed E-state index contributed by atoms with van der Waals surface area (Å²) in [6, 6.07) is 0. The summed E-state index contributed by atoms with van der Waals surface area (Å²) in [7, 11) is 4.06. The Morgan fingerprint density at radius 3 is 2.46 bits per heavy atom. The van der Waals surface area contributed by atoms with Gasteiger partial charge in [-0.1, -0.05) is 43.6 Å². The Balaban J connectivity index is 1.78. The number of hydrogen-bond acceptors (Lipinski definition) is 3. The van der Waals surface area contributed by atoms with Crippen LogP contribution in [0.25, 0.3) is 0 Å². The molecule has 0 bridgehead atoms. The van der Waals surface area contributed by atoms with Gasteiger partial charge in [0.1, 0.15) is 0 Å². The summed E-state index contributed by atoms with van der Waals surface area (Å²) in [4.78, 5) is 13.7. The summed E-state index contributed by atoms with van der Waals surface area (Å²) in [6.07, 6.45) is 24.7. The van der Waals surface area contributed by atoms with Crippen LogP contribution >= 0.6 is 0 Å². The molecule has 0 aliphatic heterocycles. The normalized spacial score (nSPS) is 16.8. The van der Waals surface area contributed by atoms with Gasteiger partial charge in [0.25, 0.3) is 0 Å². The second-order valence-electron chi connectivity index (χ2n) is 7.85. The van der Waals surface area contributed by atoms with Crippen molar-refractivity contribution in [3.8, 4) is 0 Å². The minimum atomic E-state index is -0.0409. The third kappa shape index (κ3) is 14.1. The Morgan fingerprint density at radius 1 is 1.04 bits per heavy atom. The zero-order valence-electron chi connectivity index (χ0n) is 17.3. The number of carbonyl (C=O) groups is 1. The van der Waals surface area contributed by atoms with Crippen LogP contribution in [0.4, 0.5) is 0 Å². The lowest BCUT2D eigenvalue weighted by Gasteiger charge is -2.09. The molecule has 0 spiro atoms. The van der Waals surface area contributed by atoms with Gasteiger partial charge in [-0.15, -0.1) is 0 Å². The molecule has 0 aromatic carbocycles. The van der Waals surface area contributed by atoms with Gasteiger partial charge < -0.3 is 9.64 Å². The number of carbonyl (C=O) groups excluding carboxylic acids is 1. The number of ether oxygens (including phenoxy) is 1. The van der Waals surface area contributed by atoms with Crippen molar-refractivity contribution in [2.45, 2.75) is 83.5 Å². The quantitative estimate of drug-likeness (QED) is 0.194. The van der Waals surface area contributed by atoms with E-state index in [1.165, 1.54) is 51.4 Å². The lowest BCUT2D eigenvalue weighted by atomic mass is 10.00. The van der Waals surface area contributed by atoms with Gasteiger partial charge in [0.2, 0.25) is 0 Å². The first-order chi connectivity index (χ1) is 12.7. The molecule has 0 aromatic rings. The fourth-order valence-electron chi connectivity index (χ4n) is 3.36. The van der Waals surface area contributed by atoms with Crippen molar-refractivity contribution >= 4 is 5.97 Å². The van der Waals surface area contributed by atoms with Gasteiger partial charge >= 0.3 is 5.97 Å². The molecule has 0 aromatic heterocycles. The van der Waals surface area contributed by atoms with E-state index in [1.807, 2.05) is 14.1 Å². The van der Waals surface area contributed by atoms with Crippen molar-refractivity contribution in [2.75, 3.05) is 27.2 Å². The van der Waals surface area contributed by atoms with Crippen molar-refractivity contribution in [1.29, 1.82) is 0 Å².